The Bertz CT molecular complexity index is 1340. The van der Waals surface area contributed by atoms with E-state index in [2.05, 4.69) is 4.72 Å². The lowest BCUT2D eigenvalue weighted by Crippen LogP contribution is -2.33. The second kappa shape index (κ2) is 12.4. The lowest BCUT2D eigenvalue weighted by molar-refractivity contribution is -0.137. The van der Waals surface area contributed by atoms with E-state index in [1.54, 1.807) is 13.8 Å². The Morgan fingerprint density at radius 1 is 0.947 bits per heavy atom. The summed E-state index contributed by atoms with van der Waals surface area (Å²) in [6, 6.07) is 19.5. The molecule has 1 N–H and O–H groups in total. The second-order valence-corrected chi connectivity index (χ2v) is 12.5. The Morgan fingerprint density at radius 2 is 1.53 bits per heavy atom. The minimum atomic E-state index is -4.57. The maximum absolute atomic E-state index is 13.0. The van der Waals surface area contributed by atoms with Crippen molar-refractivity contribution in [3.8, 4) is 11.1 Å². The molecule has 2 atom stereocenters. The van der Waals surface area contributed by atoms with Gasteiger partial charge in [-0.05, 0) is 66.6 Å². The number of hydrogen-bond donors (Lipinski definition) is 1. The van der Waals surface area contributed by atoms with Crippen LogP contribution in [-0.2, 0) is 33.9 Å². The fourth-order valence-electron chi connectivity index (χ4n) is 3.75. The average molecular weight is 568 g/mol. The molecule has 0 aliphatic rings. The van der Waals surface area contributed by atoms with Crippen LogP contribution in [-0.4, -0.2) is 35.5 Å². The van der Waals surface area contributed by atoms with Gasteiger partial charge in [-0.15, -0.1) is 0 Å². The van der Waals surface area contributed by atoms with Gasteiger partial charge < -0.3 is 8.86 Å². The Kier molecular flexibility index (Phi) is 9.74. The highest BCUT2D eigenvalue weighted by molar-refractivity contribution is 7.90. The Labute approximate surface area is 224 Å². The monoisotopic (exact) mass is 567 g/mol. The van der Waals surface area contributed by atoms with Crippen LogP contribution in [0.5, 0.6) is 0 Å². The molecule has 0 radical (unpaired) electrons. The van der Waals surface area contributed by atoms with Crippen LogP contribution in [0.2, 0.25) is 0 Å². The van der Waals surface area contributed by atoms with Crippen molar-refractivity contribution in [1.82, 2.24) is 4.72 Å². The van der Waals surface area contributed by atoms with Crippen molar-refractivity contribution < 1.29 is 30.4 Å². The summed E-state index contributed by atoms with van der Waals surface area (Å²) in [5.41, 5.74) is 2.77. The standard InChI is InChI=1S/C27H31F3N2O4S2/c1-19(2)38(35,36)31-18-20(3)22-11-13-24(14-12-22)23-9-7-21(8-10-23)15-16-32(37(33)34)26-6-4-5-25(17-26)27(28,29)30/h4-14,17,19-20,31H,15-16,18H2,1-3H3,(H,33,34)/p-1. The minimum Gasteiger partial charge on any atom is -0.755 e. The van der Waals surface area contributed by atoms with E-state index in [1.807, 2.05) is 55.5 Å². The van der Waals surface area contributed by atoms with Gasteiger partial charge in [-0.3, -0.25) is 4.21 Å². The summed E-state index contributed by atoms with van der Waals surface area (Å²) in [5, 5.41) is -0.494. The first-order valence-corrected chi connectivity index (χ1v) is 14.6. The van der Waals surface area contributed by atoms with Crippen molar-refractivity contribution in [2.75, 3.05) is 17.4 Å². The summed E-state index contributed by atoms with van der Waals surface area (Å²) in [4.78, 5) is 0. The summed E-state index contributed by atoms with van der Waals surface area (Å²) in [6.45, 7) is 5.50. The second-order valence-electron chi connectivity index (χ2n) is 9.28. The van der Waals surface area contributed by atoms with Crippen LogP contribution in [0, 0.1) is 0 Å². The number of halogens is 3. The van der Waals surface area contributed by atoms with Crippen molar-refractivity contribution in [3.05, 3.63) is 89.5 Å². The van der Waals surface area contributed by atoms with Crippen LogP contribution in [0.4, 0.5) is 18.9 Å². The van der Waals surface area contributed by atoms with Crippen LogP contribution >= 0.6 is 0 Å². The third-order valence-electron chi connectivity index (χ3n) is 6.22. The third-order valence-corrected chi connectivity index (χ3v) is 8.79. The summed E-state index contributed by atoms with van der Waals surface area (Å²) in [5.74, 6) is -0.00807. The number of benzene rings is 3. The largest absolute Gasteiger partial charge is 0.755 e. The molecule has 0 saturated heterocycles. The molecule has 3 aromatic carbocycles. The molecule has 2 unspecified atom stereocenters. The molecule has 206 valence electrons. The molecule has 0 heterocycles. The lowest BCUT2D eigenvalue weighted by Gasteiger charge is -2.27. The fraction of sp³-hybridized carbons (Fsp3) is 0.333. The van der Waals surface area contributed by atoms with Crippen LogP contribution in [0.1, 0.15) is 43.4 Å². The SMILES string of the molecule is CC(CNS(=O)(=O)C(C)C)c1ccc(-c2ccc(CCN(c3cccc(C(F)(F)F)c3)S(=O)[O-])cc2)cc1. The summed E-state index contributed by atoms with van der Waals surface area (Å²) in [6.07, 6.45) is -4.25. The maximum atomic E-state index is 13.0. The van der Waals surface area contributed by atoms with E-state index in [1.165, 1.54) is 12.1 Å². The van der Waals surface area contributed by atoms with Crippen LogP contribution in [0.3, 0.4) is 0 Å². The normalized spacial score (nSPS) is 13.9. The number of nitrogens with one attached hydrogen (secondary N) is 1. The number of rotatable bonds is 11. The van der Waals surface area contributed by atoms with Crippen molar-refractivity contribution >= 4 is 27.0 Å². The van der Waals surface area contributed by atoms with Crippen molar-refractivity contribution in [2.45, 2.75) is 44.5 Å². The van der Waals surface area contributed by atoms with Gasteiger partial charge >= 0.3 is 6.18 Å². The Balaban J connectivity index is 1.64. The first-order valence-electron chi connectivity index (χ1n) is 12.0. The fourth-order valence-corrected chi connectivity index (χ4v) is 5.09. The molecule has 0 fully saturated rings. The van der Waals surface area contributed by atoms with Gasteiger partial charge in [0.2, 0.25) is 10.0 Å². The highest BCUT2D eigenvalue weighted by Gasteiger charge is 2.31. The van der Waals surface area contributed by atoms with Crippen molar-refractivity contribution in [2.24, 2.45) is 0 Å². The van der Waals surface area contributed by atoms with Gasteiger partial charge in [0, 0.05) is 30.0 Å². The van der Waals surface area contributed by atoms with E-state index in [-0.39, 0.29) is 18.2 Å². The van der Waals surface area contributed by atoms with Gasteiger partial charge in [0.1, 0.15) is 0 Å². The molecule has 38 heavy (non-hydrogen) atoms. The molecule has 0 spiro atoms. The van der Waals surface area contributed by atoms with Crippen LogP contribution in [0.25, 0.3) is 11.1 Å². The number of hydrogen-bond acceptors (Lipinski definition) is 4. The number of nitrogens with zero attached hydrogens (tertiary/aromatic N) is 1. The molecule has 3 rings (SSSR count). The maximum Gasteiger partial charge on any atom is 0.416 e. The zero-order valence-electron chi connectivity index (χ0n) is 21.2. The molecule has 0 aromatic heterocycles. The molecule has 11 heteroatoms. The topological polar surface area (TPSA) is 89.5 Å². The van der Waals surface area contributed by atoms with E-state index in [4.69, 9.17) is 0 Å². The van der Waals surface area contributed by atoms with Gasteiger partial charge in [-0.2, -0.15) is 13.2 Å². The molecule has 3 aromatic rings. The van der Waals surface area contributed by atoms with Crippen LogP contribution in [0.15, 0.2) is 72.8 Å². The summed E-state index contributed by atoms with van der Waals surface area (Å²) in [7, 11) is -3.33. The highest BCUT2D eigenvalue weighted by atomic mass is 32.2. The molecular formula is C27H30F3N2O4S2-. The predicted octanol–water partition coefficient (Wildman–Crippen LogP) is 5.65. The highest BCUT2D eigenvalue weighted by Crippen LogP contribution is 2.32. The molecule has 0 aliphatic heterocycles. The number of alkyl halides is 3. The smallest absolute Gasteiger partial charge is 0.416 e. The van der Waals surface area contributed by atoms with Gasteiger partial charge in [0.15, 0.2) is 0 Å². The van der Waals surface area contributed by atoms with Crippen LogP contribution < -0.4 is 9.03 Å². The molecule has 6 nitrogen and oxygen atoms in total. The van der Waals surface area contributed by atoms with Crippen molar-refractivity contribution in [3.63, 3.8) is 0 Å². The van der Waals surface area contributed by atoms with Gasteiger partial charge in [-0.25, -0.2) is 13.1 Å². The zero-order valence-corrected chi connectivity index (χ0v) is 22.9. The molecular weight excluding hydrogens is 537 g/mol. The van der Waals surface area contributed by atoms with Gasteiger partial charge in [0.25, 0.3) is 0 Å². The summed E-state index contributed by atoms with van der Waals surface area (Å²) < 4.78 is 90.1. The van der Waals surface area contributed by atoms with Crippen molar-refractivity contribution in [1.29, 1.82) is 0 Å². The first kappa shape index (κ1) is 29.8. The average Bonchev–Trinajstić information content (AvgIpc) is 2.87. The quantitative estimate of drug-likeness (QED) is 0.304. The van der Waals surface area contributed by atoms with E-state index in [9.17, 15) is 30.4 Å². The summed E-state index contributed by atoms with van der Waals surface area (Å²) >= 11 is -2.73. The van der Waals surface area contributed by atoms with E-state index in [0.29, 0.717) is 13.0 Å². The Morgan fingerprint density at radius 3 is 2.05 bits per heavy atom. The molecule has 0 aliphatic carbocycles. The number of anilines is 1. The van der Waals surface area contributed by atoms with E-state index in [0.717, 1.165) is 38.7 Å². The molecule has 0 amide bonds. The third kappa shape index (κ3) is 7.89. The van der Waals surface area contributed by atoms with Gasteiger partial charge in [0.05, 0.1) is 10.8 Å². The molecule has 0 bridgehead atoms. The minimum absolute atomic E-state index is 0.00807. The zero-order chi connectivity index (χ0) is 28.1. The number of sulfonamides is 1. The van der Waals surface area contributed by atoms with E-state index >= 15 is 0 Å². The lowest BCUT2D eigenvalue weighted by atomic mass is 9.97. The van der Waals surface area contributed by atoms with Gasteiger partial charge in [-0.1, -0.05) is 61.5 Å². The molecule has 0 saturated carbocycles. The van der Waals surface area contributed by atoms with E-state index < -0.39 is 38.3 Å². The Hall–Kier alpha value is -2.73. The predicted molar refractivity (Wildman–Crippen MR) is 144 cm³/mol. The first-order chi connectivity index (χ1) is 17.8.